The third-order valence-corrected chi connectivity index (χ3v) is 5.28. The molecule has 1 aliphatic heterocycles. The normalized spacial score (nSPS) is 17.6. The molecule has 130 valence electrons. The average molecular weight is 353 g/mol. The average Bonchev–Trinajstić information content (AvgIpc) is 2.61. The lowest BCUT2D eigenvalue weighted by atomic mass is 9.81. The number of aryl methyl sites for hydroxylation is 1. The Labute approximate surface area is 154 Å². The molecule has 1 aromatic rings. The van der Waals surface area contributed by atoms with E-state index < -0.39 is 0 Å². The van der Waals surface area contributed by atoms with Crippen LogP contribution in [-0.4, -0.2) is 11.5 Å². The molecule has 2 rings (SSSR count). The number of dihydropyridines is 1. The summed E-state index contributed by atoms with van der Waals surface area (Å²) in [6.45, 7) is 7.57. The summed E-state index contributed by atoms with van der Waals surface area (Å²) in [7, 11) is 0. The van der Waals surface area contributed by atoms with Crippen LogP contribution in [0.4, 0.5) is 0 Å². The molecule has 1 atom stereocenters. The Balaban J connectivity index is 2.54. The molecule has 1 aromatic carbocycles. The lowest BCUT2D eigenvalue weighted by Crippen LogP contribution is -2.27. The molecule has 0 saturated carbocycles. The van der Waals surface area contributed by atoms with Gasteiger partial charge in [-0.1, -0.05) is 43.3 Å². The molecular weight excluding hydrogens is 328 g/mol. The smallest absolute Gasteiger partial charge is 0.158 e. The minimum absolute atomic E-state index is 0.000165. The fraction of sp³-hybridized carbons (Fsp3) is 0.333. The second kappa shape index (κ2) is 8.73. The summed E-state index contributed by atoms with van der Waals surface area (Å²) >= 11 is 1.59. The van der Waals surface area contributed by atoms with Gasteiger partial charge in [-0.2, -0.15) is 5.26 Å². The highest BCUT2D eigenvalue weighted by molar-refractivity contribution is 8.03. The quantitative estimate of drug-likeness (QED) is 0.744. The maximum atomic E-state index is 12.3. The van der Waals surface area contributed by atoms with Crippen molar-refractivity contribution in [2.24, 2.45) is 0 Å². The Hall–Kier alpha value is -2.25. The van der Waals surface area contributed by atoms with Crippen LogP contribution in [0.3, 0.4) is 0 Å². The first-order valence-electron chi connectivity index (χ1n) is 8.49. The molecule has 0 aliphatic carbocycles. The number of carbonyl (C=O) groups excluding carboxylic acids is 1. The molecule has 1 N–H and O–H groups in total. The van der Waals surface area contributed by atoms with Crippen molar-refractivity contribution in [3.8, 4) is 6.07 Å². The van der Waals surface area contributed by atoms with Gasteiger partial charge >= 0.3 is 0 Å². The van der Waals surface area contributed by atoms with Crippen molar-refractivity contribution < 1.29 is 4.79 Å². The van der Waals surface area contributed by atoms with Crippen LogP contribution in [0.25, 0.3) is 0 Å². The van der Waals surface area contributed by atoms with Crippen LogP contribution in [0.2, 0.25) is 0 Å². The number of hydrogen-bond acceptors (Lipinski definition) is 4. The molecule has 0 amide bonds. The molecule has 0 aromatic heterocycles. The Morgan fingerprint density at radius 3 is 2.56 bits per heavy atom. The Kier molecular flexibility index (Phi) is 6.66. The lowest BCUT2D eigenvalue weighted by molar-refractivity contribution is -0.113. The largest absolute Gasteiger partial charge is 0.353 e. The Morgan fingerprint density at radius 2 is 2.04 bits per heavy atom. The zero-order chi connectivity index (χ0) is 18.4. The van der Waals surface area contributed by atoms with Crippen LogP contribution in [-0.2, 0) is 11.2 Å². The zero-order valence-corrected chi connectivity index (χ0v) is 16.0. The summed E-state index contributed by atoms with van der Waals surface area (Å²) < 4.78 is 0. The van der Waals surface area contributed by atoms with E-state index in [2.05, 4.69) is 36.5 Å². The van der Waals surface area contributed by atoms with Gasteiger partial charge in [-0.3, -0.25) is 4.79 Å². The second-order valence-electron chi connectivity index (χ2n) is 5.98. The number of Topliss-reactive ketones (excluding diaryl/α,β-unsaturated/α-hetero) is 1. The van der Waals surface area contributed by atoms with Gasteiger partial charge in [0.15, 0.2) is 5.78 Å². The van der Waals surface area contributed by atoms with Gasteiger partial charge < -0.3 is 5.32 Å². The van der Waals surface area contributed by atoms with Crippen LogP contribution >= 0.6 is 11.8 Å². The molecule has 0 spiro atoms. The molecule has 1 unspecified atom stereocenters. The number of nitrogens with one attached hydrogen (secondary N) is 1. The highest BCUT2D eigenvalue weighted by Crippen LogP contribution is 2.40. The van der Waals surface area contributed by atoms with Gasteiger partial charge in [0.2, 0.25) is 0 Å². The number of rotatable bonds is 6. The second-order valence-corrected chi connectivity index (χ2v) is 7.01. The number of benzene rings is 1. The first-order valence-corrected chi connectivity index (χ1v) is 9.47. The van der Waals surface area contributed by atoms with E-state index in [0.29, 0.717) is 11.1 Å². The summed E-state index contributed by atoms with van der Waals surface area (Å²) in [6, 6.07) is 10.6. The minimum Gasteiger partial charge on any atom is -0.353 e. The summed E-state index contributed by atoms with van der Waals surface area (Å²) in [4.78, 5) is 12.3. The number of thioether (sulfide) groups is 1. The van der Waals surface area contributed by atoms with Crippen molar-refractivity contribution in [2.75, 3.05) is 5.75 Å². The number of allylic oxidation sites excluding steroid dienone is 4. The zero-order valence-electron chi connectivity index (χ0n) is 15.2. The molecule has 1 aliphatic rings. The van der Waals surface area contributed by atoms with E-state index >= 15 is 0 Å². The molecule has 1 heterocycles. The number of nitrogens with zero attached hydrogens (tertiary/aromatic N) is 1. The lowest BCUT2D eigenvalue weighted by Gasteiger charge is -2.29. The van der Waals surface area contributed by atoms with E-state index in [4.69, 9.17) is 0 Å². The first-order chi connectivity index (χ1) is 12.0. The van der Waals surface area contributed by atoms with Crippen LogP contribution in [0.15, 0.2) is 58.3 Å². The standard InChI is InChI=1S/C21H24N2OS/c1-5-7-12-25-21-18(13-22)20(19(15(4)24)14(3)23-21)17-10-8-16(6-2)9-11-17/h5,7-11,20,23H,6,12H2,1-4H3/b7-5+. The Bertz CT molecular complexity index is 779. The summed E-state index contributed by atoms with van der Waals surface area (Å²) in [6.07, 6.45) is 5.01. The van der Waals surface area contributed by atoms with Crippen molar-refractivity contribution in [3.63, 3.8) is 0 Å². The van der Waals surface area contributed by atoms with Crippen molar-refractivity contribution >= 4 is 17.5 Å². The Morgan fingerprint density at radius 1 is 1.36 bits per heavy atom. The maximum absolute atomic E-state index is 12.3. The summed E-state index contributed by atoms with van der Waals surface area (Å²) in [5, 5.41) is 13.9. The summed E-state index contributed by atoms with van der Waals surface area (Å²) in [5.41, 5.74) is 4.36. The third-order valence-electron chi connectivity index (χ3n) is 4.31. The molecule has 0 bridgehead atoms. The van der Waals surface area contributed by atoms with E-state index in [1.807, 2.05) is 32.1 Å². The number of ketones is 1. The van der Waals surface area contributed by atoms with Gasteiger partial charge in [0.1, 0.15) is 0 Å². The van der Waals surface area contributed by atoms with E-state index in [-0.39, 0.29) is 11.7 Å². The third kappa shape index (κ3) is 4.24. The van der Waals surface area contributed by atoms with Crippen LogP contribution in [0.1, 0.15) is 44.7 Å². The van der Waals surface area contributed by atoms with Crippen LogP contribution < -0.4 is 5.32 Å². The van der Waals surface area contributed by atoms with Gasteiger partial charge in [-0.15, -0.1) is 11.8 Å². The molecule has 0 radical (unpaired) electrons. The molecular formula is C21H24N2OS. The van der Waals surface area contributed by atoms with E-state index in [0.717, 1.165) is 28.5 Å². The first kappa shape index (κ1) is 19.1. The van der Waals surface area contributed by atoms with Gasteiger partial charge in [-0.05, 0) is 38.3 Å². The van der Waals surface area contributed by atoms with Crippen molar-refractivity contribution in [1.82, 2.24) is 5.32 Å². The van der Waals surface area contributed by atoms with E-state index in [9.17, 15) is 10.1 Å². The molecule has 25 heavy (non-hydrogen) atoms. The number of nitriles is 1. The van der Waals surface area contributed by atoms with Gasteiger partial charge in [-0.25, -0.2) is 0 Å². The van der Waals surface area contributed by atoms with Gasteiger partial charge in [0, 0.05) is 17.0 Å². The van der Waals surface area contributed by atoms with Crippen LogP contribution in [0, 0.1) is 11.3 Å². The highest BCUT2D eigenvalue weighted by atomic mass is 32.2. The fourth-order valence-corrected chi connectivity index (χ4v) is 4.00. The molecule has 4 heteroatoms. The number of carbonyl (C=O) groups is 1. The van der Waals surface area contributed by atoms with E-state index in [1.54, 1.807) is 18.7 Å². The minimum atomic E-state index is -0.303. The predicted octanol–water partition coefficient (Wildman–Crippen LogP) is 4.84. The van der Waals surface area contributed by atoms with Gasteiger partial charge in [0.25, 0.3) is 0 Å². The number of hydrogen-bond donors (Lipinski definition) is 1. The van der Waals surface area contributed by atoms with Crippen molar-refractivity contribution in [1.29, 1.82) is 5.26 Å². The van der Waals surface area contributed by atoms with Gasteiger partial charge in [0.05, 0.1) is 22.6 Å². The van der Waals surface area contributed by atoms with Crippen molar-refractivity contribution in [2.45, 2.75) is 40.0 Å². The highest BCUT2D eigenvalue weighted by Gasteiger charge is 2.32. The fourth-order valence-electron chi connectivity index (χ4n) is 3.00. The monoisotopic (exact) mass is 352 g/mol. The molecule has 0 saturated heterocycles. The van der Waals surface area contributed by atoms with Crippen LogP contribution in [0.5, 0.6) is 0 Å². The van der Waals surface area contributed by atoms with E-state index in [1.165, 1.54) is 5.56 Å². The molecule has 3 nitrogen and oxygen atoms in total. The summed E-state index contributed by atoms with van der Waals surface area (Å²) in [5.74, 6) is 0.483. The SMILES string of the molecule is C/C=C/CSC1=C(C#N)C(c2ccc(CC)cc2)C(C(C)=O)=C(C)N1. The molecule has 0 fully saturated rings. The topological polar surface area (TPSA) is 52.9 Å². The van der Waals surface area contributed by atoms with Crippen molar-refractivity contribution in [3.05, 3.63) is 69.4 Å². The maximum Gasteiger partial charge on any atom is 0.158 e. The predicted molar refractivity (Wildman–Crippen MR) is 105 cm³/mol.